The monoisotopic (exact) mass is 322 g/mol. The van der Waals surface area contributed by atoms with Gasteiger partial charge in [-0.1, -0.05) is 23.7 Å². The number of hydrogen-bond acceptors (Lipinski definition) is 3. The van der Waals surface area contributed by atoms with Crippen molar-refractivity contribution >= 4 is 23.1 Å². The van der Waals surface area contributed by atoms with E-state index in [0.717, 1.165) is 10.6 Å². The summed E-state index contributed by atoms with van der Waals surface area (Å²) in [5.41, 5.74) is 0.132. The summed E-state index contributed by atoms with van der Waals surface area (Å²) in [6.45, 7) is 9.15. The number of nitrogens with zero attached hydrogens (tertiary/aromatic N) is 1. The van der Waals surface area contributed by atoms with Gasteiger partial charge in [-0.3, -0.25) is 0 Å². The molecular formula is C17H21ClNO3. The van der Waals surface area contributed by atoms with Crippen LogP contribution >= 0.6 is 11.6 Å². The summed E-state index contributed by atoms with van der Waals surface area (Å²) in [5.74, 6) is -0.441. The molecule has 5 heteroatoms. The minimum atomic E-state index is -0.954. The SMILES string of the molecule is CCOC(=O)C1=C(c2ccc(Cl)cc2)C(C)(C)N([O])C1(C)C. The van der Waals surface area contributed by atoms with Gasteiger partial charge in [-0.2, -0.15) is 0 Å². The number of esters is 1. The van der Waals surface area contributed by atoms with Crippen LogP contribution in [0.4, 0.5) is 0 Å². The van der Waals surface area contributed by atoms with Crippen LogP contribution in [-0.2, 0) is 14.7 Å². The van der Waals surface area contributed by atoms with Crippen LogP contribution in [0.3, 0.4) is 0 Å². The molecule has 119 valence electrons. The number of benzene rings is 1. The van der Waals surface area contributed by atoms with Crippen LogP contribution in [-0.4, -0.2) is 28.7 Å². The highest BCUT2D eigenvalue weighted by Gasteiger charge is 2.54. The topological polar surface area (TPSA) is 49.4 Å². The van der Waals surface area contributed by atoms with Crippen molar-refractivity contribution in [3.63, 3.8) is 0 Å². The van der Waals surface area contributed by atoms with Crippen LogP contribution in [0.1, 0.15) is 40.2 Å². The van der Waals surface area contributed by atoms with Crippen LogP contribution in [0, 0.1) is 0 Å². The summed E-state index contributed by atoms with van der Waals surface area (Å²) < 4.78 is 5.19. The molecule has 0 unspecified atom stereocenters. The Morgan fingerprint density at radius 1 is 1.14 bits per heavy atom. The minimum Gasteiger partial charge on any atom is -0.463 e. The average Bonchev–Trinajstić information content (AvgIpc) is 2.57. The van der Waals surface area contributed by atoms with Crippen LogP contribution in [0.2, 0.25) is 5.02 Å². The summed E-state index contributed by atoms with van der Waals surface area (Å²) in [6, 6.07) is 7.16. The van der Waals surface area contributed by atoms with Gasteiger partial charge in [0.15, 0.2) is 0 Å². The highest BCUT2D eigenvalue weighted by Crippen LogP contribution is 2.49. The molecule has 0 saturated carbocycles. The zero-order valence-corrected chi connectivity index (χ0v) is 14.3. The molecular weight excluding hydrogens is 302 g/mol. The van der Waals surface area contributed by atoms with Gasteiger partial charge in [-0.25, -0.2) is 4.79 Å². The molecule has 0 atom stereocenters. The quantitative estimate of drug-likeness (QED) is 0.794. The van der Waals surface area contributed by atoms with Gasteiger partial charge < -0.3 is 4.74 Å². The van der Waals surface area contributed by atoms with Crippen molar-refractivity contribution in [3.8, 4) is 0 Å². The Kier molecular flexibility index (Phi) is 4.39. The Bertz CT molecular complexity index is 617. The summed E-state index contributed by atoms with van der Waals surface area (Å²) in [4.78, 5) is 12.5. The predicted molar refractivity (Wildman–Crippen MR) is 85.7 cm³/mol. The molecule has 0 bridgehead atoms. The summed E-state index contributed by atoms with van der Waals surface area (Å²) >= 11 is 5.94. The molecule has 1 radical (unpaired) electrons. The second-order valence-electron chi connectivity index (χ2n) is 6.39. The van der Waals surface area contributed by atoms with Crippen molar-refractivity contribution in [1.82, 2.24) is 5.06 Å². The Morgan fingerprint density at radius 2 is 1.68 bits per heavy atom. The number of carbonyl (C=O) groups is 1. The number of rotatable bonds is 3. The highest BCUT2D eigenvalue weighted by atomic mass is 35.5. The van der Waals surface area contributed by atoms with E-state index in [1.807, 2.05) is 26.0 Å². The number of carbonyl (C=O) groups excluding carboxylic acids is 1. The van der Waals surface area contributed by atoms with E-state index in [9.17, 15) is 10.0 Å². The van der Waals surface area contributed by atoms with Crippen molar-refractivity contribution in [2.75, 3.05) is 6.61 Å². The molecule has 1 aromatic rings. The van der Waals surface area contributed by atoms with E-state index in [1.54, 1.807) is 32.9 Å². The maximum absolute atomic E-state index is 12.8. The third kappa shape index (κ3) is 2.56. The Labute approximate surface area is 136 Å². The third-order valence-corrected chi connectivity index (χ3v) is 4.35. The van der Waals surface area contributed by atoms with E-state index in [1.165, 1.54) is 0 Å². The molecule has 0 amide bonds. The third-order valence-electron chi connectivity index (χ3n) is 4.10. The maximum Gasteiger partial charge on any atom is 0.336 e. The number of hydroxylamine groups is 2. The summed E-state index contributed by atoms with van der Waals surface area (Å²) in [5, 5.41) is 14.3. The standard InChI is InChI=1S/C17H21ClNO3/c1-6-22-15(20)14-13(11-7-9-12(18)10-8-11)16(2,3)19(21)17(14,4)5/h7-10H,6H2,1-5H3. The van der Waals surface area contributed by atoms with Gasteiger partial charge in [-0.05, 0) is 57.9 Å². The van der Waals surface area contributed by atoms with E-state index in [-0.39, 0.29) is 6.61 Å². The van der Waals surface area contributed by atoms with Crippen LogP contribution in [0.5, 0.6) is 0 Å². The van der Waals surface area contributed by atoms with Crippen molar-refractivity contribution in [3.05, 3.63) is 40.4 Å². The molecule has 1 aliphatic heterocycles. The van der Waals surface area contributed by atoms with Gasteiger partial charge in [-0.15, -0.1) is 10.3 Å². The van der Waals surface area contributed by atoms with E-state index < -0.39 is 17.0 Å². The molecule has 1 heterocycles. The van der Waals surface area contributed by atoms with Crippen molar-refractivity contribution in [1.29, 1.82) is 0 Å². The molecule has 22 heavy (non-hydrogen) atoms. The normalized spacial score (nSPS) is 20.3. The average molecular weight is 323 g/mol. The largest absolute Gasteiger partial charge is 0.463 e. The van der Waals surface area contributed by atoms with Crippen molar-refractivity contribution in [2.24, 2.45) is 0 Å². The smallest absolute Gasteiger partial charge is 0.336 e. The number of hydrogen-bond donors (Lipinski definition) is 0. The van der Waals surface area contributed by atoms with E-state index in [2.05, 4.69) is 0 Å². The van der Waals surface area contributed by atoms with E-state index in [4.69, 9.17) is 16.3 Å². The molecule has 1 aliphatic rings. The first-order chi connectivity index (χ1) is 10.1. The van der Waals surface area contributed by atoms with Gasteiger partial charge in [0.2, 0.25) is 0 Å². The lowest BCUT2D eigenvalue weighted by Crippen LogP contribution is -2.48. The van der Waals surface area contributed by atoms with Gasteiger partial charge in [0.25, 0.3) is 0 Å². The predicted octanol–water partition coefficient (Wildman–Crippen LogP) is 3.88. The minimum absolute atomic E-state index is 0.269. The van der Waals surface area contributed by atoms with Crippen LogP contribution in [0.15, 0.2) is 29.8 Å². The zero-order chi connectivity index (χ0) is 16.7. The lowest BCUT2D eigenvalue weighted by atomic mass is 9.86. The van der Waals surface area contributed by atoms with Gasteiger partial charge in [0, 0.05) is 5.02 Å². The molecule has 0 N–H and O–H groups in total. The molecule has 2 rings (SSSR count). The molecule has 0 aromatic heterocycles. The molecule has 0 saturated heterocycles. The summed E-state index contributed by atoms with van der Waals surface area (Å²) in [7, 11) is 0. The van der Waals surface area contributed by atoms with E-state index in [0.29, 0.717) is 16.2 Å². The van der Waals surface area contributed by atoms with Crippen molar-refractivity contribution < 1.29 is 14.7 Å². The fraction of sp³-hybridized carbons (Fsp3) is 0.471. The Hall–Kier alpha value is -1.36. The maximum atomic E-state index is 12.8. The molecule has 0 spiro atoms. The lowest BCUT2D eigenvalue weighted by Gasteiger charge is -2.34. The first-order valence-corrected chi connectivity index (χ1v) is 7.67. The van der Waals surface area contributed by atoms with Crippen LogP contribution in [0.25, 0.3) is 5.57 Å². The Balaban J connectivity index is 2.71. The molecule has 0 fully saturated rings. The lowest BCUT2D eigenvalue weighted by molar-refractivity contribution is -0.237. The first kappa shape index (κ1) is 17.0. The summed E-state index contributed by atoms with van der Waals surface area (Å²) in [6.07, 6.45) is 0. The molecule has 0 aliphatic carbocycles. The molecule has 4 nitrogen and oxygen atoms in total. The highest BCUT2D eigenvalue weighted by molar-refractivity contribution is 6.30. The Morgan fingerprint density at radius 3 is 2.18 bits per heavy atom. The first-order valence-electron chi connectivity index (χ1n) is 7.29. The second-order valence-corrected chi connectivity index (χ2v) is 6.83. The second kappa shape index (κ2) is 5.69. The van der Waals surface area contributed by atoms with Gasteiger partial charge in [0.1, 0.15) is 0 Å². The van der Waals surface area contributed by atoms with Gasteiger partial charge >= 0.3 is 5.97 Å². The number of ether oxygens (including phenoxy) is 1. The molecule has 1 aromatic carbocycles. The fourth-order valence-electron chi connectivity index (χ4n) is 3.18. The fourth-order valence-corrected chi connectivity index (χ4v) is 3.31. The van der Waals surface area contributed by atoms with Crippen LogP contribution < -0.4 is 0 Å². The zero-order valence-electron chi connectivity index (χ0n) is 13.6. The van der Waals surface area contributed by atoms with Crippen molar-refractivity contribution in [2.45, 2.75) is 45.7 Å². The van der Waals surface area contributed by atoms with Gasteiger partial charge in [0.05, 0.1) is 23.3 Å². The number of halogens is 1. The van der Waals surface area contributed by atoms with E-state index >= 15 is 0 Å².